The summed E-state index contributed by atoms with van der Waals surface area (Å²) in [6.45, 7) is 5.90. The van der Waals surface area contributed by atoms with Gasteiger partial charge in [0, 0.05) is 11.4 Å². The summed E-state index contributed by atoms with van der Waals surface area (Å²) in [6, 6.07) is 0. The van der Waals surface area contributed by atoms with Gasteiger partial charge >= 0.3 is 0 Å². The number of amides is 1. The zero-order chi connectivity index (χ0) is 12.3. The molecule has 1 fully saturated rings. The highest BCUT2D eigenvalue weighted by Crippen LogP contribution is 2.36. The predicted molar refractivity (Wildman–Crippen MR) is 65.2 cm³/mol. The standard InChI is InChI=1S/C12H21N3O/c1-4-8(2)10(7-9(3)13)15-12(5-6-12)11(14)16/h7-8,13,15H,4-6H2,1-3H3,(H2,14,16)/b10-7-,13-9?. The van der Waals surface area contributed by atoms with Crippen LogP contribution in [0.4, 0.5) is 0 Å². The molecule has 1 amide bonds. The normalized spacial score (nSPS) is 20.1. The molecule has 1 saturated carbocycles. The Balaban J connectivity index is 2.80. The molecule has 4 N–H and O–H groups in total. The molecule has 0 aliphatic heterocycles. The summed E-state index contributed by atoms with van der Waals surface area (Å²) in [4.78, 5) is 11.3. The van der Waals surface area contributed by atoms with Gasteiger partial charge in [0.1, 0.15) is 5.54 Å². The van der Waals surface area contributed by atoms with Crippen molar-refractivity contribution >= 4 is 11.6 Å². The molecule has 0 radical (unpaired) electrons. The molecule has 0 aromatic rings. The van der Waals surface area contributed by atoms with Crippen LogP contribution in [0.2, 0.25) is 0 Å². The third-order valence-corrected chi connectivity index (χ3v) is 3.12. The first kappa shape index (κ1) is 12.7. The van der Waals surface area contributed by atoms with Crippen molar-refractivity contribution in [1.82, 2.24) is 5.32 Å². The summed E-state index contributed by atoms with van der Waals surface area (Å²) in [5.41, 5.74) is 6.27. The zero-order valence-electron chi connectivity index (χ0n) is 10.3. The number of allylic oxidation sites excluding steroid dienone is 2. The fourth-order valence-corrected chi connectivity index (χ4v) is 1.59. The van der Waals surface area contributed by atoms with Crippen molar-refractivity contribution in [2.24, 2.45) is 11.7 Å². The van der Waals surface area contributed by atoms with Gasteiger partial charge in [-0.25, -0.2) is 0 Å². The van der Waals surface area contributed by atoms with E-state index in [1.807, 2.05) is 0 Å². The molecule has 1 rings (SSSR count). The van der Waals surface area contributed by atoms with Crippen LogP contribution in [0.1, 0.15) is 40.0 Å². The fourth-order valence-electron chi connectivity index (χ4n) is 1.59. The van der Waals surface area contributed by atoms with Crippen molar-refractivity contribution in [2.75, 3.05) is 0 Å². The average Bonchev–Trinajstić information content (AvgIpc) is 2.96. The Labute approximate surface area is 96.8 Å². The molecule has 1 atom stereocenters. The minimum atomic E-state index is -0.537. The molecule has 1 aliphatic rings. The van der Waals surface area contributed by atoms with Gasteiger partial charge in [0.05, 0.1) is 0 Å². The maximum atomic E-state index is 11.3. The SMILES string of the molecule is CCC(C)/C(=C/C(C)=N)NC1(C(N)=O)CC1. The third kappa shape index (κ3) is 2.84. The first-order chi connectivity index (χ1) is 7.41. The van der Waals surface area contributed by atoms with Gasteiger partial charge in [-0.15, -0.1) is 0 Å². The smallest absolute Gasteiger partial charge is 0.243 e. The van der Waals surface area contributed by atoms with Crippen LogP contribution < -0.4 is 11.1 Å². The van der Waals surface area contributed by atoms with Crippen molar-refractivity contribution in [3.05, 3.63) is 11.8 Å². The van der Waals surface area contributed by atoms with Crippen molar-refractivity contribution in [1.29, 1.82) is 5.41 Å². The van der Waals surface area contributed by atoms with Gasteiger partial charge in [0.15, 0.2) is 0 Å². The lowest BCUT2D eigenvalue weighted by Gasteiger charge is -2.22. The van der Waals surface area contributed by atoms with Gasteiger partial charge in [-0.05, 0) is 38.2 Å². The molecule has 0 bridgehead atoms. The number of carbonyl (C=O) groups excluding carboxylic acids is 1. The van der Waals surface area contributed by atoms with Crippen LogP contribution in [-0.4, -0.2) is 17.2 Å². The van der Waals surface area contributed by atoms with Crippen molar-refractivity contribution in [3.63, 3.8) is 0 Å². The van der Waals surface area contributed by atoms with Crippen molar-refractivity contribution in [2.45, 2.75) is 45.6 Å². The lowest BCUT2D eigenvalue weighted by molar-refractivity contribution is -0.120. The summed E-state index contributed by atoms with van der Waals surface area (Å²) in [6.07, 6.45) is 4.36. The molecule has 1 aliphatic carbocycles. The first-order valence-electron chi connectivity index (χ1n) is 5.76. The van der Waals surface area contributed by atoms with Crippen molar-refractivity contribution in [3.8, 4) is 0 Å². The van der Waals surface area contributed by atoms with E-state index in [4.69, 9.17) is 11.1 Å². The van der Waals surface area contributed by atoms with E-state index in [2.05, 4.69) is 19.2 Å². The van der Waals surface area contributed by atoms with Gasteiger partial charge in [-0.1, -0.05) is 13.8 Å². The number of hydrogen-bond donors (Lipinski definition) is 3. The topological polar surface area (TPSA) is 79.0 Å². The molecule has 90 valence electrons. The Kier molecular flexibility index (Phi) is 3.73. The molecule has 0 heterocycles. The number of carbonyl (C=O) groups is 1. The molecule has 0 aromatic carbocycles. The number of nitrogens with one attached hydrogen (secondary N) is 2. The number of primary amides is 1. The van der Waals surface area contributed by atoms with E-state index in [-0.39, 0.29) is 5.91 Å². The fraction of sp³-hybridized carbons (Fsp3) is 0.667. The summed E-state index contributed by atoms with van der Waals surface area (Å²) < 4.78 is 0. The molecule has 1 unspecified atom stereocenters. The average molecular weight is 223 g/mol. The maximum Gasteiger partial charge on any atom is 0.243 e. The van der Waals surface area contributed by atoms with Crippen LogP contribution in [-0.2, 0) is 4.79 Å². The van der Waals surface area contributed by atoms with Gasteiger partial charge in [0.25, 0.3) is 0 Å². The molecular weight excluding hydrogens is 202 g/mol. The number of rotatable bonds is 6. The summed E-state index contributed by atoms with van der Waals surface area (Å²) >= 11 is 0. The molecule has 0 saturated heterocycles. The van der Waals surface area contributed by atoms with Gasteiger partial charge in [-0.3, -0.25) is 4.79 Å². The van der Waals surface area contributed by atoms with E-state index in [1.54, 1.807) is 13.0 Å². The van der Waals surface area contributed by atoms with E-state index in [9.17, 15) is 4.79 Å². The van der Waals surface area contributed by atoms with Crippen LogP contribution >= 0.6 is 0 Å². The second-order valence-corrected chi connectivity index (χ2v) is 4.66. The van der Waals surface area contributed by atoms with E-state index in [1.165, 1.54) is 0 Å². The van der Waals surface area contributed by atoms with E-state index in [0.717, 1.165) is 25.0 Å². The second-order valence-electron chi connectivity index (χ2n) is 4.66. The molecule has 16 heavy (non-hydrogen) atoms. The minimum absolute atomic E-state index is 0.288. The quantitative estimate of drug-likeness (QED) is 0.597. The van der Waals surface area contributed by atoms with Crippen LogP contribution in [0.25, 0.3) is 0 Å². The molecule has 4 heteroatoms. The van der Waals surface area contributed by atoms with Crippen LogP contribution in [0.5, 0.6) is 0 Å². The largest absolute Gasteiger partial charge is 0.374 e. The molecule has 4 nitrogen and oxygen atoms in total. The minimum Gasteiger partial charge on any atom is -0.374 e. The lowest BCUT2D eigenvalue weighted by atomic mass is 10.0. The van der Waals surface area contributed by atoms with Crippen LogP contribution in [0, 0.1) is 11.3 Å². The summed E-state index contributed by atoms with van der Waals surface area (Å²) in [5, 5.41) is 10.7. The van der Waals surface area contributed by atoms with Crippen LogP contribution in [0.3, 0.4) is 0 Å². The van der Waals surface area contributed by atoms with Gasteiger partial charge < -0.3 is 16.5 Å². The number of nitrogens with two attached hydrogens (primary N) is 1. The highest BCUT2D eigenvalue weighted by Gasteiger charge is 2.49. The highest BCUT2D eigenvalue weighted by atomic mass is 16.1. The molecule has 0 spiro atoms. The first-order valence-corrected chi connectivity index (χ1v) is 5.76. The molecule has 0 aromatic heterocycles. The Morgan fingerprint density at radius 3 is 2.50 bits per heavy atom. The predicted octanol–water partition coefficient (Wildman–Crippen LogP) is 1.56. The Bertz CT molecular complexity index is 329. The zero-order valence-corrected chi connectivity index (χ0v) is 10.3. The molecular formula is C12H21N3O. The van der Waals surface area contributed by atoms with Crippen molar-refractivity contribution < 1.29 is 4.79 Å². The number of hydrogen-bond acceptors (Lipinski definition) is 3. The van der Waals surface area contributed by atoms with E-state index < -0.39 is 5.54 Å². The Morgan fingerprint density at radius 2 is 2.19 bits per heavy atom. The second kappa shape index (κ2) is 4.68. The van der Waals surface area contributed by atoms with E-state index in [0.29, 0.717) is 11.6 Å². The lowest BCUT2D eigenvalue weighted by Crippen LogP contribution is -2.44. The highest BCUT2D eigenvalue weighted by molar-refractivity contribution is 5.91. The monoisotopic (exact) mass is 223 g/mol. The van der Waals surface area contributed by atoms with Crippen LogP contribution in [0.15, 0.2) is 11.8 Å². The maximum absolute atomic E-state index is 11.3. The van der Waals surface area contributed by atoms with Gasteiger partial charge in [-0.2, -0.15) is 0 Å². The third-order valence-electron chi connectivity index (χ3n) is 3.12. The Morgan fingerprint density at radius 1 is 1.62 bits per heavy atom. The Hall–Kier alpha value is -1.32. The van der Waals surface area contributed by atoms with E-state index >= 15 is 0 Å². The van der Waals surface area contributed by atoms with Gasteiger partial charge in [0.2, 0.25) is 5.91 Å². The summed E-state index contributed by atoms with van der Waals surface area (Å²) in [7, 11) is 0. The summed E-state index contributed by atoms with van der Waals surface area (Å²) in [5.74, 6) is 0.0291.